The molecule has 0 fully saturated rings. The maximum Gasteiger partial charge on any atom is 0.254 e. The van der Waals surface area contributed by atoms with Gasteiger partial charge in [0, 0.05) is 14.1 Å². The Kier molecular flexibility index (Phi) is 5.69. The number of nitrogens with two attached hydrogens (primary N) is 1. The lowest BCUT2D eigenvalue weighted by atomic mass is 10.0. The summed E-state index contributed by atoms with van der Waals surface area (Å²) < 4.78 is 13.4. The first-order valence-electron chi connectivity index (χ1n) is 6.80. The molecule has 1 aromatic carbocycles. The molecule has 1 unspecified atom stereocenters. The molecule has 2 amide bonds. The summed E-state index contributed by atoms with van der Waals surface area (Å²) in [6, 6.07) is 3.37. The normalized spacial score (nSPS) is 12.1. The summed E-state index contributed by atoms with van der Waals surface area (Å²) >= 11 is 0. The van der Waals surface area contributed by atoms with Crippen molar-refractivity contribution < 1.29 is 14.0 Å². The van der Waals surface area contributed by atoms with E-state index in [0.717, 1.165) is 0 Å². The summed E-state index contributed by atoms with van der Waals surface area (Å²) in [5, 5.41) is 2.64. The van der Waals surface area contributed by atoms with E-state index in [4.69, 9.17) is 5.73 Å². The first-order chi connectivity index (χ1) is 9.73. The lowest BCUT2D eigenvalue weighted by Crippen LogP contribution is -2.47. The van der Waals surface area contributed by atoms with Crippen molar-refractivity contribution in [3.05, 3.63) is 29.6 Å². The smallest absolute Gasteiger partial charge is 0.254 e. The molecule has 0 aromatic heterocycles. The lowest BCUT2D eigenvalue weighted by molar-refractivity contribution is -0.131. The van der Waals surface area contributed by atoms with E-state index in [0.29, 0.717) is 6.42 Å². The second-order valence-corrected chi connectivity index (χ2v) is 5.59. The highest BCUT2D eigenvalue weighted by atomic mass is 19.1. The molecule has 1 atom stereocenters. The minimum absolute atomic E-state index is 0.0373. The van der Waals surface area contributed by atoms with Crippen LogP contribution in [0.25, 0.3) is 0 Å². The van der Waals surface area contributed by atoms with Gasteiger partial charge in [0.25, 0.3) is 5.91 Å². The number of carbonyl (C=O) groups is 2. The number of nitrogens with one attached hydrogen (secondary N) is 1. The molecule has 1 rings (SSSR count). The molecule has 5 nitrogen and oxygen atoms in total. The quantitative estimate of drug-likeness (QED) is 0.811. The molecule has 116 valence electrons. The zero-order chi connectivity index (χ0) is 16.2. The predicted molar refractivity (Wildman–Crippen MR) is 80.2 cm³/mol. The molecule has 0 bridgehead atoms. The van der Waals surface area contributed by atoms with Crippen LogP contribution < -0.4 is 11.1 Å². The molecular weight excluding hydrogens is 273 g/mol. The van der Waals surface area contributed by atoms with Crippen LogP contribution in [-0.4, -0.2) is 36.9 Å². The number of rotatable bonds is 5. The number of nitrogen functional groups attached to an aromatic ring is 1. The van der Waals surface area contributed by atoms with E-state index >= 15 is 0 Å². The number of halogens is 1. The summed E-state index contributed by atoms with van der Waals surface area (Å²) in [5.41, 5.74) is 5.39. The van der Waals surface area contributed by atoms with Gasteiger partial charge in [0.05, 0.1) is 11.3 Å². The maximum atomic E-state index is 13.4. The van der Waals surface area contributed by atoms with Crippen LogP contribution in [0.1, 0.15) is 30.6 Å². The van der Waals surface area contributed by atoms with Crippen molar-refractivity contribution in [3.63, 3.8) is 0 Å². The number of amides is 2. The standard InChI is InChI=1S/C15H22FN3O2/c1-9(2)8-12(15(21)19(3)4)18-14(20)10-6-5-7-11(16)13(10)17/h5-7,9,12H,8,17H2,1-4H3,(H,18,20). The van der Waals surface area contributed by atoms with Gasteiger partial charge in [-0.25, -0.2) is 4.39 Å². The van der Waals surface area contributed by atoms with E-state index < -0.39 is 17.8 Å². The molecule has 0 saturated carbocycles. The number of nitrogens with zero attached hydrogens (tertiary/aromatic N) is 1. The maximum absolute atomic E-state index is 13.4. The van der Waals surface area contributed by atoms with Crippen molar-refractivity contribution >= 4 is 17.5 Å². The second kappa shape index (κ2) is 7.06. The van der Waals surface area contributed by atoms with Crippen molar-refractivity contribution in [1.82, 2.24) is 10.2 Å². The number of carbonyl (C=O) groups excluding carboxylic acids is 2. The molecule has 21 heavy (non-hydrogen) atoms. The van der Waals surface area contributed by atoms with Crippen LogP contribution in [0.15, 0.2) is 18.2 Å². The molecule has 0 aliphatic heterocycles. The molecule has 0 heterocycles. The van der Waals surface area contributed by atoms with Gasteiger partial charge >= 0.3 is 0 Å². The van der Waals surface area contributed by atoms with Gasteiger partial charge in [-0.15, -0.1) is 0 Å². The highest BCUT2D eigenvalue weighted by Gasteiger charge is 2.24. The molecule has 3 N–H and O–H groups in total. The topological polar surface area (TPSA) is 75.4 Å². The van der Waals surface area contributed by atoms with Crippen molar-refractivity contribution in [3.8, 4) is 0 Å². The number of benzene rings is 1. The summed E-state index contributed by atoms with van der Waals surface area (Å²) in [6.45, 7) is 3.91. The van der Waals surface area contributed by atoms with Gasteiger partial charge < -0.3 is 16.0 Å². The fraction of sp³-hybridized carbons (Fsp3) is 0.467. The van der Waals surface area contributed by atoms with E-state index in [1.807, 2.05) is 13.8 Å². The van der Waals surface area contributed by atoms with Crippen molar-refractivity contribution in [2.75, 3.05) is 19.8 Å². The average Bonchev–Trinajstić information content (AvgIpc) is 2.39. The molecule has 6 heteroatoms. The van der Waals surface area contributed by atoms with Gasteiger partial charge in [0.2, 0.25) is 5.91 Å². The molecule has 0 aliphatic carbocycles. The van der Waals surface area contributed by atoms with Gasteiger partial charge in [-0.2, -0.15) is 0 Å². The fourth-order valence-electron chi connectivity index (χ4n) is 1.98. The van der Waals surface area contributed by atoms with Crippen LogP contribution in [0, 0.1) is 11.7 Å². The Morgan fingerprint density at radius 3 is 2.48 bits per heavy atom. The van der Waals surface area contributed by atoms with Crippen LogP contribution in [-0.2, 0) is 4.79 Å². The van der Waals surface area contributed by atoms with Gasteiger partial charge in [0.15, 0.2) is 0 Å². The van der Waals surface area contributed by atoms with Gasteiger partial charge in [-0.3, -0.25) is 9.59 Å². The monoisotopic (exact) mass is 295 g/mol. The number of hydrogen-bond acceptors (Lipinski definition) is 3. The zero-order valence-corrected chi connectivity index (χ0v) is 12.8. The number of likely N-dealkylation sites (N-methyl/N-ethyl adjacent to an activating group) is 1. The highest BCUT2D eigenvalue weighted by molar-refractivity contribution is 6.01. The Bertz CT molecular complexity index is 530. The van der Waals surface area contributed by atoms with Crippen LogP contribution in [0.5, 0.6) is 0 Å². The molecule has 0 radical (unpaired) electrons. The van der Waals surface area contributed by atoms with Crippen LogP contribution in [0.4, 0.5) is 10.1 Å². The van der Waals surface area contributed by atoms with Crippen LogP contribution in [0.3, 0.4) is 0 Å². The van der Waals surface area contributed by atoms with Crippen LogP contribution >= 0.6 is 0 Å². The Labute approximate surface area is 124 Å². The van der Waals surface area contributed by atoms with Crippen molar-refractivity contribution in [1.29, 1.82) is 0 Å². The first-order valence-corrected chi connectivity index (χ1v) is 6.80. The summed E-state index contributed by atoms with van der Waals surface area (Å²) in [7, 11) is 3.25. The Hall–Kier alpha value is -2.11. The largest absolute Gasteiger partial charge is 0.396 e. The van der Waals surface area contributed by atoms with Gasteiger partial charge in [-0.05, 0) is 24.5 Å². The van der Waals surface area contributed by atoms with E-state index in [1.165, 1.54) is 23.1 Å². The van der Waals surface area contributed by atoms with Crippen molar-refractivity contribution in [2.45, 2.75) is 26.3 Å². The fourth-order valence-corrected chi connectivity index (χ4v) is 1.98. The molecule has 0 aliphatic rings. The van der Waals surface area contributed by atoms with Gasteiger partial charge in [0.1, 0.15) is 11.9 Å². The first kappa shape index (κ1) is 16.9. The predicted octanol–water partition coefficient (Wildman–Crippen LogP) is 1.64. The molecule has 1 aromatic rings. The third-order valence-electron chi connectivity index (χ3n) is 3.05. The van der Waals surface area contributed by atoms with E-state index in [2.05, 4.69) is 5.32 Å². The molecule has 0 saturated heterocycles. The minimum atomic E-state index is -0.657. The Morgan fingerprint density at radius 2 is 1.95 bits per heavy atom. The third-order valence-corrected chi connectivity index (χ3v) is 3.05. The number of para-hydroxylation sites is 1. The highest BCUT2D eigenvalue weighted by Crippen LogP contribution is 2.16. The molecule has 0 spiro atoms. The SMILES string of the molecule is CC(C)CC(NC(=O)c1cccc(F)c1N)C(=O)N(C)C. The zero-order valence-electron chi connectivity index (χ0n) is 12.8. The minimum Gasteiger partial charge on any atom is -0.396 e. The van der Waals surface area contributed by atoms with E-state index in [9.17, 15) is 14.0 Å². The number of anilines is 1. The average molecular weight is 295 g/mol. The van der Waals surface area contributed by atoms with Gasteiger partial charge in [-0.1, -0.05) is 19.9 Å². The third kappa shape index (κ3) is 4.44. The Balaban J connectivity index is 2.95. The summed E-state index contributed by atoms with van der Waals surface area (Å²) in [6.07, 6.45) is 0.498. The summed E-state index contributed by atoms with van der Waals surface area (Å²) in [5.74, 6) is -1.18. The lowest BCUT2D eigenvalue weighted by Gasteiger charge is -2.23. The van der Waals surface area contributed by atoms with E-state index in [-0.39, 0.29) is 23.1 Å². The van der Waals surface area contributed by atoms with Crippen LogP contribution in [0.2, 0.25) is 0 Å². The van der Waals surface area contributed by atoms with Crippen molar-refractivity contribution in [2.24, 2.45) is 5.92 Å². The van der Waals surface area contributed by atoms with E-state index in [1.54, 1.807) is 14.1 Å². The Morgan fingerprint density at radius 1 is 1.33 bits per heavy atom. The number of hydrogen-bond donors (Lipinski definition) is 2. The second-order valence-electron chi connectivity index (χ2n) is 5.59. The molecular formula is C15H22FN3O2. The summed E-state index contributed by atoms with van der Waals surface area (Å²) in [4.78, 5) is 25.7.